The first-order valence-corrected chi connectivity index (χ1v) is 7.47. The molecular formula is C17H21N3O2. The summed E-state index contributed by atoms with van der Waals surface area (Å²) in [6, 6.07) is 9.76. The van der Waals surface area contributed by atoms with E-state index in [9.17, 15) is 10.1 Å². The Morgan fingerprint density at radius 1 is 1.32 bits per heavy atom. The first-order chi connectivity index (χ1) is 10.7. The van der Waals surface area contributed by atoms with Gasteiger partial charge in [-0.15, -0.1) is 0 Å². The van der Waals surface area contributed by atoms with Crippen LogP contribution in [0.15, 0.2) is 29.8 Å². The number of benzene rings is 1. The normalized spacial score (nSPS) is 16.2. The summed E-state index contributed by atoms with van der Waals surface area (Å²) >= 11 is 0. The van der Waals surface area contributed by atoms with Crippen LogP contribution in [0.4, 0.5) is 5.69 Å². The SMILES string of the molecule is CCOC(=O)C(C#N)=Cc1ccccc1N1CCN(C)CC1. The fourth-order valence-corrected chi connectivity index (χ4v) is 2.45. The minimum Gasteiger partial charge on any atom is -0.462 e. The molecule has 0 amide bonds. The highest BCUT2D eigenvalue weighted by molar-refractivity contribution is 5.98. The lowest BCUT2D eigenvalue weighted by molar-refractivity contribution is -0.137. The van der Waals surface area contributed by atoms with E-state index < -0.39 is 5.97 Å². The summed E-state index contributed by atoms with van der Waals surface area (Å²) in [5, 5.41) is 9.18. The lowest BCUT2D eigenvalue weighted by Crippen LogP contribution is -2.44. The van der Waals surface area contributed by atoms with Crippen molar-refractivity contribution < 1.29 is 9.53 Å². The van der Waals surface area contributed by atoms with Crippen molar-refractivity contribution in [3.8, 4) is 6.07 Å². The second-order valence-electron chi connectivity index (χ2n) is 5.24. The van der Waals surface area contributed by atoms with Gasteiger partial charge in [-0.25, -0.2) is 4.79 Å². The van der Waals surface area contributed by atoms with Crippen molar-refractivity contribution in [3.05, 3.63) is 35.4 Å². The van der Waals surface area contributed by atoms with Gasteiger partial charge in [0.25, 0.3) is 0 Å². The number of piperazine rings is 1. The molecule has 0 atom stereocenters. The van der Waals surface area contributed by atoms with E-state index in [2.05, 4.69) is 16.8 Å². The zero-order chi connectivity index (χ0) is 15.9. The van der Waals surface area contributed by atoms with Crippen LogP contribution in [-0.4, -0.2) is 50.7 Å². The van der Waals surface area contributed by atoms with E-state index in [1.54, 1.807) is 13.0 Å². The molecular weight excluding hydrogens is 278 g/mol. The van der Waals surface area contributed by atoms with Crippen LogP contribution in [0.5, 0.6) is 0 Å². The molecule has 0 aromatic heterocycles. The number of hydrogen-bond acceptors (Lipinski definition) is 5. The molecule has 1 aliphatic heterocycles. The monoisotopic (exact) mass is 299 g/mol. The summed E-state index contributed by atoms with van der Waals surface area (Å²) in [7, 11) is 2.11. The molecule has 0 unspecified atom stereocenters. The van der Waals surface area contributed by atoms with Crippen molar-refractivity contribution in [1.82, 2.24) is 4.90 Å². The Kier molecular flexibility index (Phi) is 5.56. The Balaban J connectivity index is 2.28. The Morgan fingerprint density at radius 2 is 2.00 bits per heavy atom. The number of nitrogens with zero attached hydrogens (tertiary/aromatic N) is 3. The minimum atomic E-state index is -0.571. The van der Waals surface area contributed by atoms with E-state index in [1.165, 1.54) is 0 Å². The molecule has 1 aromatic rings. The van der Waals surface area contributed by atoms with Crippen molar-refractivity contribution in [3.63, 3.8) is 0 Å². The third-order valence-corrected chi connectivity index (χ3v) is 3.70. The molecule has 1 saturated heterocycles. The third kappa shape index (κ3) is 3.86. The second kappa shape index (κ2) is 7.62. The van der Waals surface area contributed by atoms with Crippen LogP contribution >= 0.6 is 0 Å². The van der Waals surface area contributed by atoms with Gasteiger partial charge < -0.3 is 14.5 Å². The molecule has 0 radical (unpaired) electrons. The number of para-hydroxylation sites is 1. The molecule has 5 heteroatoms. The fourth-order valence-electron chi connectivity index (χ4n) is 2.45. The summed E-state index contributed by atoms with van der Waals surface area (Å²) in [6.45, 7) is 5.86. The second-order valence-corrected chi connectivity index (χ2v) is 5.24. The number of esters is 1. The lowest BCUT2D eigenvalue weighted by Gasteiger charge is -2.34. The molecule has 1 aromatic carbocycles. The molecule has 0 N–H and O–H groups in total. The van der Waals surface area contributed by atoms with Crippen molar-refractivity contribution in [2.45, 2.75) is 6.92 Å². The highest BCUT2D eigenvalue weighted by atomic mass is 16.5. The predicted octanol–water partition coefficient (Wildman–Crippen LogP) is 1.91. The van der Waals surface area contributed by atoms with Gasteiger partial charge in [-0.3, -0.25) is 0 Å². The first kappa shape index (κ1) is 16.1. The molecule has 0 aliphatic carbocycles. The molecule has 22 heavy (non-hydrogen) atoms. The van der Waals surface area contributed by atoms with Gasteiger partial charge >= 0.3 is 5.97 Å². The molecule has 0 saturated carbocycles. The van der Waals surface area contributed by atoms with Crippen LogP contribution in [0.3, 0.4) is 0 Å². The number of carbonyl (C=O) groups excluding carboxylic acids is 1. The largest absolute Gasteiger partial charge is 0.462 e. The fraction of sp³-hybridized carbons (Fsp3) is 0.412. The number of likely N-dealkylation sites (N-methyl/N-ethyl adjacent to an activating group) is 1. The van der Waals surface area contributed by atoms with Crippen molar-refractivity contribution in [2.24, 2.45) is 0 Å². The summed E-state index contributed by atoms with van der Waals surface area (Å²) in [5.41, 5.74) is 1.95. The number of anilines is 1. The molecule has 0 bridgehead atoms. The topological polar surface area (TPSA) is 56.6 Å². The summed E-state index contributed by atoms with van der Waals surface area (Å²) < 4.78 is 4.92. The maximum Gasteiger partial charge on any atom is 0.348 e. The molecule has 1 aliphatic rings. The van der Waals surface area contributed by atoms with Gasteiger partial charge in [-0.1, -0.05) is 18.2 Å². The molecule has 1 heterocycles. The summed E-state index contributed by atoms with van der Waals surface area (Å²) in [6.07, 6.45) is 1.62. The van der Waals surface area contributed by atoms with E-state index in [4.69, 9.17) is 4.74 Å². The Labute approximate surface area is 131 Å². The van der Waals surface area contributed by atoms with Crippen LogP contribution in [0.25, 0.3) is 6.08 Å². The molecule has 2 rings (SSSR count). The van der Waals surface area contributed by atoms with Gasteiger partial charge in [-0.2, -0.15) is 5.26 Å². The van der Waals surface area contributed by atoms with E-state index in [0.29, 0.717) is 0 Å². The number of ether oxygens (including phenoxy) is 1. The van der Waals surface area contributed by atoms with Gasteiger partial charge in [0.2, 0.25) is 0 Å². The summed E-state index contributed by atoms with van der Waals surface area (Å²) in [5.74, 6) is -0.571. The maximum atomic E-state index is 11.8. The van der Waals surface area contributed by atoms with Gasteiger partial charge in [0.15, 0.2) is 0 Å². The number of carbonyl (C=O) groups is 1. The third-order valence-electron chi connectivity index (χ3n) is 3.70. The van der Waals surface area contributed by atoms with E-state index in [-0.39, 0.29) is 12.2 Å². The molecule has 1 fully saturated rings. The molecule has 116 valence electrons. The Morgan fingerprint density at radius 3 is 2.64 bits per heavy atom. The lowest BCUT2D eigenvalue weighted by atomic mass is 10.1. The van der Waals surface area contributed by atoms with Crippen LogP contribution in [0.2, 0.25) is 0 Å². The van der Waals surface area contributed by atoms with Gasteiger partial charge in [-0.05, 0) is 31.7 Å². The average Bonchev–Trinajstić information content (AvgIpc) is 2.54. The average molecular weight is 299 g/mol. The number of rotatable bonds is 4. The minimum absolute atomic E-state index is 0.0310. The van der Waals surface area contributed by atoms with Gasteiger partial charge in [0, 0.05) is 31.9 Å². The van der Waals surface area contributed by atoms with E-state index in [0.717, 1.165) is 37.4 Å². The first-order valence-electron chi connectivity index (χ1n) is 7.47. The van der Waals surface area contributed by atoms with Crippen molar-refractivity contribution >= 4 is 17.7 Å². The zero-order valence-electron chi connectivity index (χ0n) is 13.1. The number of nitriles is 1. The van der Waals surface area contributed by atoms with Crippen LogP contribution < -0.4 is 4.90 Å². The standard InChI is InChI=1S/C17H21N3O2/c1-3-22-17(21)15(13-18)12-14-6-4-5-7-16(14)20-10-8-19(2)9-11-20/h4-7,12H,3,8-11H2,1-2H3. The highest BCUT2D eigenvalue weighted by Gasteiger charge is 2.17. The maximum absolute atomic E-state index is 11.8. The highest BCUT2D eigenvalue weighted by Crippen LogP contribution is 2.24. The van der Waals surface area contributed by atoms with E-state index >= 15 is 0 Å². The predicted molar refractivity (Wildman–Crippen MR) is 86.4 cm³/mol. The zero-order valence-corrected chi connectivity index (χ0v) is 13.1. The van der Waals surface area contributed by atoms with E-state index in [1.807, 2.05) is 30.3 Å². The number of hydrogen-bond donors (Lipinski definition) is 0. The Hall–Kier alpha value is -2.32. The van der Waals surface area contributed by atoms with Gasteiger partial charge in [0.1, 0.15) is 11.6 Å². The quantitative estimate of drug-likeness (QED) is 0.483. The Bertz CT molecular complexity index is 596. The molecule has 0 spiro atoms. The van der Waals surface area contributed by atoms with Crippen molar-refractivity contribution in [1.29, 1.82) is 5.26 Å². The van der Waals surface area contributed by atoms with Crippen LogP contribution in [-0.2, 0) is 9.53 Å². The van der Waals surface area contributed by atoms with Crippen LogP contribution in [0, 0.1) is 11.3 Å². The smallest absolute Gasteiger partial charge is 0.348 e. The summed E-state index contributed by atoms with van der Waals surface area (Å²) in [4.78, 5) is 16.3. The van der Waals surface area contributed by atoms with Gasteiger partial charge in [0.05, 0.1) is 6.61 Å². The molecule has 5 nitrogen and oxygen atoms in total. The van der Waals surface area contributed by atoms with Crippen molar-refractivity contribution in [2.75, 3.05) is 44.7 Å². The van der Waals surface area contributed by atoms with Crippen LogP contribution in [0.1, 0.15) is 12.5 Å².